The standard InChI is InChI=1S/C18H23NO6/c1-18(2,3)25-17(22)19-9-7-6-8-12-10-14(23-4)15(24-5)11-13(12)16(20)21/h10-11H,7,9H2,1-5H3,(H,19,22)(H,20,21). The number of carbonyl (C=O) groups excluding carboxylic acids is 1. The number of carboxylic acid groups (broad SMARTS) is 1. The number of nitrogens with one attached hydrogen (secondary N) is 1. The zero-order chi connectivity index (χ0) is 19.0. The molecule has 7 heteroatoms. The number of methoxy groups -OCH3 is 2. The number of hydrogen-bond acceptors (Lipinski definition) is 5. The van der Waals surface area contributed by atoms with Gasteiger partial charge in [0.05, 0.1) is 19.8 Å². The quantitative estimate of drug-likeness (QED) is 0.627. The minimum Gasteiger partial charge on any atom is -0.493 e. The molecular formula is C18H23NO6. The molecule has 1 amide bonds. The van der Waals surface area contributed by atoms with Gasteiger partial charge in [-0.3, -0.25) is 0 Å². The van der Waals surface area contributed by atoms with E-state index < -0.39 is 17.7 Å². The summed E-state index contributed by atoms with van der Waals surface area (Å²) in [5.74, 6) is 5.20. The molecule has 0 bridgehead atoms. The van der Waals surface area contributed by atoms with Gasteiger partial charge in [0.25, 0.3) is 0 Å². The van der Waals surface area contributed by atoms with Crippen molar-refractivity contribution in [1.29, 1.82) is 0 Å². The average molecular weight is 349 g/mol. The molecular weight excluding hydrogens is 326 g/mol. The summed E-state index contributed by atoms with van der Waals surface area (Å²) in [4.78, 5) is 22.9. The van der Waals surface area contributed by atoms with Crippen molar-refractivity contribution in [3.8, 4) is 23.3 Å². The highest BCUT2D eigenvalue weighted by atomic mass is 16.6. The summed E-state index contributed by atoms with van der Waals surface area (Å²) in [6.45, 7) is 5.61. The Balaban J connectivity index is 2.78. The molecule has 2 N–H and O–H groups in total. The van der Waals surface area contributed by atoms with E-state index in [1.807, 2.05) is 0 Å². The molecule has 25 heavy (non-hydrogen) atoms. The Hall–Kier alpha value is -2.88. The molecule has 7 nitrogen and oxygen atoms in total. The van der Waals surface area contributed by atoms with Crippen LogP contribution in [0.1, 0.15) is 43.1 Å². The van der Waals surface area contributed by atoms with Gasteiger partial charge in [-0.2, -0.15) is 0 Å². The van der Waals surface area contributed by atoms with E-state index in [0.29, 0.717) is 23.5 Å². The molecule has 1 aromatic rings. The van der Waals surface area contributed by atoms with Gasteiger partial charge in [-0.1, -0.05) is 11.8 Å². The molecule has 0 aliphatic carbocycles. The Morgan fingerprint density at radius 1 is 1.16 bits per heavy atom. The Bertz CT molecular complexity index is 694. The summed E-state index contributed by atoms with van der Waals surface area (Å²) >= 11 is 0. The van der Waals surface area contributed by atoms with E-state index in [1.165, 1.54) is 26.4 Å². The van der Waals surface area contributed by atoms with Gasteiger partial charge >= 0.3 is 12.1 Å². The largest absolute Gasteiger partial charge is 0.493 e. The summed E-state index contributed by atoms with van der Waals surface area (Å²) in [6, 6.07) is 2.88. The second-order valence-electron chi connectivity index (χ2n) is 6.04. The van der Waals surface area contributed by atoms with Crippen molar-refractivity contribution in [2.45, 2.75) is 32.8 Å². The van der Waals surface area contributed by atoms with Crippen LogP contribution in [0.15, 0.2) is 12.1 Å². The Kier molecular flexibility index (Phi) is 7.12. The first-order valence-corrected chi connectivity index (χ1v) is 7.63. The van der Waals surface area contributed by atoms with Crippen LogP contribution in [-0.4, -0.2) is 43.5 Å². The maximum absolute atomic E-state index is 11.5. The van der Waals surface area contributed by atoms with E-state index in [1.54, 1.807) is 20.8 Å². The number of ether oxygens (including phenoxy) is 3. The lowest BCUT2D eigenvalue weighted by atomic mass is 10.1. The number of carboxylic acids is 1. The fraction of sp³-hybridized carbons (Fsp3) is 0.444. The van der Waals surface area contributed by atoms with Crippen LogP contribution in [0.2, 0.25) is 0 Å². The van der Waals surface area contributed by atoms with Crippen molar-refractivity contribution >= 4 is 12.1 Å². The predicted molar refractivity (Wildman–Crippen MR) is 92.2 cm³/mol. The molecule has 0 aliphatic rings. The van der Waals surface area contributed by atoms with Crippen molar-refractivity contribution < 1.29 is 28.9 Å². The zero-order valence-corrected chi connectivity index (χ0v) is 15.1. The summed E-state index contributed by atoms with van der Waals surface area (Å²) in [7, 11) is 2.89. The van der Waals surface area contributed by atoms with Crippen LogP contribution >= 0.6 is 0 Å². The minimum absolute atomic E-state index is 0.0188. The van der Waals surface area contributed by atoms with Gasteiger partial charge in [0, 0.05) is 24.6 Å². The van der Waals surface area contributed by atoms with Gasteiger partial charge in [-0.15, -0.1) is 0 Å². The third-order valence-electron chi connectivity index (χ3n) is 2.90. The van der Waals surface area contributed by atoms with Gasteiger partial charge in [0.2, 0.25) is 0 Å². The van der Waals surface area contributed by atoms with Crippen LogP contribution < -0.4 is 14.8 Å². The number of benzene rings is 1. The number of alkyl carbamates (subject to hydrolysis) is 1. The smallest absolute Gasteiger partial charge is 0.407 e. The van der Waals surface area contributed by atoms with E-state index >= 15 is 0 Å². The summed E-state index contributed by atoms with van der Waals surface area (Å²) in [5, 5.41) is 11.9. The second kappa shape index (κ2) is 8.83. The van der Waals surface area contributed by atoms with Gasteiger partial charge < -0.3 is 24.6 Å². The number of carbonyl (C=O) groups is 2. The van der Waals surface area contributed by atoms with Crippen LogP contribution in [0.4, 0.5) is 4.79 Å². The Morgan fingerprint density at radius 2 is 1.76 bits per heavy atom. The second-order valence-corrected chi connectivity index (χ2v) is 6.04. The van der Waals surface area contributed by atoms with Crippen molar-refractivity contribution in [2.24, 2.45) is 0 Å². The maximum atomic E-state index is 11.5. The number of aromatic carboxylic acids is 1. The van der Waals surface area contributed by atoms with Crippen LogP contribution in [0.25, 0.3) is 0 Å². The molecule has 136 valence electrons. The SMILES string of the molecule is COc1cc(C#CCCNC(=O)OC(C)(C)C)c(C(=O)O)cc1OC. The van der Waals surface area contributed by atoms with Crippen LogP contribution in [0.3, 0.4) is 0 Å². The first-order chi connectivity index (χ1) is 11.7. The first kappa shape index (κ1) is 20.2. The topological polar surface area (TPSA) is 94.1 Å². The third-order valence-corrected chi connectivity index (χ3v) is 2.90. The van der Waals surface area contributed by atoms with Crippen molar-refractivity contribution in [3.05, 3.63) is 23.3 Å². The highest BCUT2D eigenvalue weighted by Crippen LogP contribution is 2.30. The normalized spacial score (nSPS) is 10.3. The fourth-order valence-corrected chi connectivity index (χ4v) is 1.86. The molecule has 1 rings (SSSR count). The van der Waals surface area contributed by atoms with Crippen molar-refractivity contribution in [2.75, 3.05) is 20.8 Å². The zero-order valence-electron chi connectivity index (χ0n) is 15.1. The first-order valence-electron chi connectivity index (χ1n) is 7.63. The molecule has 0 aliphatic heterocycles. The lowest BCUT2D eigenvalue weighted by Crippen LogP contribution is -2.32. The molecule has 0 unspecified atom stereocenters. The van der Waals surface area contributed by atoms with Gasteiger partial charge in [0.1, 0.15) is 5.60 Å². The molecule has 0 heterocycles. The van der Waals surface area contributed by atoms with Crippen LogP contribution in [-0.2, 0) is 4.74 Å². The van der Waals surface area contributed by atoms with E-state index in [2.05, 4.69) is 17.2 Å². The molecule has 0 spiro atoms. The number of amides is 1. The van der Waals surface area contributed by atoms with Crippen molar-refractivity contribution in [1.82, 2.24) is 5.32 Å². The molecule has 1 aromatic carbocycles. The van der Waals surface area contributed by atoms with E-state index in [9.17, 15) is 14.7 Å². The van der Waals surface area contributed by atoms with Gasteiger partial charge in [-0.05, 0) is 26.8 Å². The van der Waals surface area contributed by atoms with Crippen LogP contribution in [0, 0.1) is 11.8 Å². The minimum atomic E-state index is -1.11. The molecule has 0 saturated carbocycles. The molecule has 0 aromatic heterocycles. The highest BCUT2D eigenvalue weighted by molar-refractivity contribution is 5.91. The van der Waals surface area contributed by atoms with Crippen molar-refractivity contribution in [3.63, 3.8) is 0 Å². The predicted octanol–water partition coefficient (Wildman–Crippen LogP) is 2.67. The molecule has 0 saturated heterocycles. The van der Waals surface area contributed by atoms with E-state index in [0.717, 1.165) is 0 Å². The molecule has 0 radical (unpaired) electrons. The maximum Gasteiger partial charge on any atom is 0.407 e. The summed E-state index contributed by atoms with van der Waals surface area (Å²) < 4.78 is 15.4. The van der Waals surface area contributed by atoms with Gasteiger partial charge in [-0.25, -0.2) is 9.59 Å². The third kappa shape index (κ3) is 6.63. The monoisotopic (exact) mass is 349 g/mol. The van der Waals surface area contributed by atoms with Crippen LogP contribution in [0.5, 0.6) is 11.5 Å². The van der Waals surface area contributed by atoms with E-state index in [4.69, 9.17) is 14.2 Å². The molecule has 0 atom stereocenters. The highest BCUT2D eigenvalue weighted by Gasteiger charge is 2.16. The average Bonchev–Trinajstić information content (AvgIpc) is 2.51. The number of rotatable bonds is 5. The Morgan fingerprint density at radius 3 is 2.28 bits per heavy atom. The lowest BCUT2D eigenvalue weighted by molar-refractivity contribution is 0.0528. The molecule has 0 fully saturated rings. The summed E-state index contributed by atoms with van der Waals surface area (Å²) in [5.41, 5.74) is -0.237. The van der Waals surface area contributed by atoms with E-state index in [-0.39, 0.29) is 12.1 Å². The Labute approximate surface area is 147 Å². The van der Waals surface area contributed by atoms with Gasteiger partial charge in [0.15, 0.2) is 11.5 Å². The lowest BCUT2D eigenvalue weighted by Gasteiger charge is -2.19. The number of hydrogen-bond donors (Lipinski definition) is 2. The summed E-state index contributed by atoms with van der Waals surface area (Å²) in [6.07, 6.45) is -0.182. The fourth-order valence-electron chi connectivity index (χ4n) is 1.86.